The lowest BCUT2D eigenvalue weighted by Crippen LogP contribution is -1.98. The highest BCUT2D eigenvalue weighted by molar-refractivity contribution is 5.32. The van der Waals surface area contributed by atoms with Crippen LogP contribution in [-0.2, 0) is 6.54 Å². The number of hydrogen-bond donors (Lipinski definition) is 1. The number of rotatable bonds is 3. The third-order valence-electron chi connectivity index (χ3n) is 2.16. The molecule has 1 aromatic heterocycles. The summed E-state index contributed by atoms with van der Waals surface area (Å²) in [6.45, 7) is 8.95. The van der Waals surface area contributed by atoms with Gasteiger partial charge in [0.2, 0.25) is 5.88 Å². The molecule has 0 saturated heterocycles. The van der Waals surface area contributed by atoms with Crippen LogP contribution < -0.4 is 0 Å². The number of aromatic nitrogens is 2. The van der Waals surface area contributed by atoms with Crippen molar-refractivity contribution in [3.63, 3.8) is 0 Å². The fraction of sp³-hybridized carbons (Fsp3) is 0.700. The first-order chi connectivity index (χ1) is 6.07. The van der Waals surface area contributed by atoms with Crippen molar-refractivity contribution in [3.8, 4) is 5.88 Å². The molecule has 0 radical (unpaired) electrons. The summed E-state index contributed by atoms with van der Waals surface area (Å²) in [5, 5.41) is 14.1. The molecule has 1 heterocycles. The summed E-state index contributed by atoms with van der Waals surface area (Å²) in [5.41, 5.74) is 1.93. The molecule has 0 unspecified atom stereocenters. The van der Waals surface area contributed by atoms with Gasteiger partial charge in [0.1, 0.15) is 0 Å². The molecule has 3 nitrogen and oxygen atoms in total. The first-order valence-electron chi connectivity index (χ1n) is 4.84. The zero-order valence-corrected chi connectivity index (χ0v) is 8.83. The molecular weight excluding hydrogens is 164 g/mol. The fourth-order valence-electron chi connectivity index (χ4n) is 1.63. The van der Waals surface area contributed by atoms with Crippen LogP contribution >= 0.6 is 0 Å². The molecule has 0 fully saturated rings. The second-order valence-electron chi connectivity index (χ2n) is 3.70. The topological polar surface area (TPSA) is 38.0 Å². The molecule has 1 aromatic rings. The molecule has 0 saturated carbocycles. The Balaban J connectivity index is 3.07. The molecule has 0 bridgehead atoms. The second-order valence-corrected chi connectivity index (χ2v) is 3.70. The summed E-state index contributed by atoms with van der Waals surface area (Å²) in [6, 6.07) is 0. The van der Waals surface area contributed by atoms with E-state index in [-0.39, 0.29) is 0 Å². The minimum atomic E-state index is 0.339. The van der Waals surface area contributed by atoms with Crippen LogP contribution in [0.1, 0.15) is 44.4 Å². The normalized spacial score (nSPS) is 11.2. The minimum absolute atomic E-state index is 0.339. The van der Waals surface area contributed by atoms with E-state index in [1.807, 2.05) is 6.92 Å². The second kappa shape index (κ2) is 3.81. The van der Waals surface area contributed by atoms with E-state index in [9.17, 15) is 5.11 Å². The van der Waals surface area contributed by atoms with Crippen molar-refractivity contribution < 1.29 is 5.11 Å². The van der Waals surface area contributed by atoms with Crippen molar-refractivity contribution in [3.05, 3.63) is 11.3 Å². The van der Waals surface area contributed by atoms with Crippen LogP contribution in [0, 0.1) is 6.92 Å². The van der Waals surface area contributed by atoms with Gasteiger partial charge in [-0.1, -0.05) is 20.8 Å². The average molecular weight is 182 g/mol. The van der Waals surface area contributed by atoms with Gasteiger partial charge in [0.05, 0.1) is 5.69 Å². The van der Waals surface area contributed by atoms with Crippen LogP contribution in [0.25, 0.3) is 0 Å². The van der Waals surface area contributed by atoms with Crippen molar-refractivity contribution in [2.75, 3.05) is 0 Å². The van der Waals surface area contributed by atoms with E-state index in [1.165, 1.54) is 0 Å². The van der Waals surface area contributed by atoms with E-state index in [2.05, 4.69) is 25.9 Å². The molecule has 0 aliphatic carbocycles. The molecule has 0 spiro atoms. The van der Waals surface area contributed by atoms with E-state index in [1.54, 1.807) is 4.68 Å². The number of aryl methyl sites for hydroxylation is 2. The number of nitrogens with zero attached hydrogens (tertiary/aromatic N) is 2. The Morgan fingerprint density at radius 2 is 2.08 bits per heavy atom. The summed E-state index contributed by atoms with van der Waals surface area (Å²) in [4.78, 5) is 0. The summed E-state index contributed by atoms with van der Waals surface area (Å²) >= 11 is 0. The van der Waals surface area contributed by atoms with Crippen molar-refractivity contribution in [1.82, 2.24) is 9.78 Å². The monoisotopic (exact) mass is 182 g/mol. The van der Waals surface area contributed by atoms with Crippen molar-refractivity contribution in [2.45, 2.75) is 46.6 Å². The summed E-state index contributed by atoms with van der Waals surface area (Å²) < 4.78 is 1.69. The maximum Gasteiger partial charge on any atom is 0.213 e. The standard InChI is InChI=1S/C10H18N2O/c1-5-6-12-10(13)9(7(2)3)8(4)11-12/h7,13H,5-6H2,1-4H3. The minimum Gasteiger partial charge on any atom is -0.493 e. The van der Waals surface area contributed by atoms with Crippen LogP contribution in [0.3, 0.4) is 0 Å². The largest absolute Gasteiger partial charge is 0.493 e. The third kappa shape index (κ3) is 1.85. The average Bonchev–Trinajstić information content (AvgIpc) is 2.28. The molecule has 1 rings (SSSR count). The lowest BCUT2D eigenvalue weighted by molar-refractivity contribution is 0.391. The molecule has 0 aromatic carbocycles. The highest BCUT2D eigenvalue weighted by Crippen LogP contribution is 2.28. The lowest BCUT2D eigenvalue weighted by Gasteiger charge is -2.04. The summed E-state index contributed by atoms with van der Waals surface area (Å²) in [7, 11) is 0. The van der Waals surface area contributed by atoms with E-state index >= 15 is 0 Å². The van der Waals surface area contributed by atoms with Gasteiger partial charge in [-0.25, -0.2) is 4.68 Å². The van der Waals surface area contributed by atoms with Crippen LogP contribution in [-0.4, -0.2) is 14.9 Å². The van der Waals surface area contributed by atoms with Gasteiger partial charge in [-0.15, -0.1) is 0 Å². The zero-order chi connectivity index (χ0) is 10.0. The third-order valence-corrected chi connectivity index (χ3v) is 2.16. The van der Waals surface area contributed by atoms with Gasteiger partial charge in [-0.2, -0.15) is 5.10 Å². The van der Waals surface area contributed by atoms with Crippen LogP contribution in [0.5, 0.6) is 5.88 Å². The molecule has 13 heavy (non-hydrogen) atoms. The van der Waals surface area contributed by atoms with Gasteiger partial charge < -0.3 is 5.11 Å². The van der Waals surface area contributed by atoms with Crippen LogP contribution in [0.15, 0.2) is 0 Å². The van der Waals surface area contributed by atoms with Crippen molar-refractivity contribution in [2.24, 2.45) is 0 Å². The Morgan fingerprint density at radius 1 is 1.46 bits per heavy atom. The number of aromatic hydroxyl groups is 1. The van der Waals surface area contributed by atoms with Gasteiger partial charge in [0, 0.05) is 12.1 Å². The fourth-order valence-corrected chi connectivity index (χ4v) is 1.63. The SMILES string of the molecule is CCCn1nc(C)c(C(C)C)c1O. The smallest absolute Gasteiger partial charge is 0.213 e. The van der Waals surface area contributed by atoms with Gasteiger partial charge in [-0.3, -0.25) is 0 Å². The van der Waals surface area contributed by atoms with E-state index in [4.69, 9.17) is 0 Å². The van der Waals surface area contributed by atoms with Crippen LogP contribution in [0.2, 0.25) is 0 Å². The van der Waals surface area contributed by atoms with E-state index in [0.717, 1.165) is 24.2 Å². The highest BCUT2D eigenvalue weighted by Gasteiger charge is 2.16. The van der Waals surface area contributed by atoms with Crippen molar-refractivity contribution >= 4 is 0 Å². The highest BCUT2D eigenvalue weighted by atomic mass is 16.3. The Morgan fingerprint density at radius 3 is 2.46 bits per heavy atom. The molecule has 0 aliphatic heterocycles. The molecule has 0 amide bonds. The maximum atomic E-state index is 9.81. The van der Waals surface area contributed by atoms with Gasteiger partial charge in [0.15, 0.2) is 0 Å². The Kier molecular flexibility index (Phi) is 2.96. The van der Waals surface area contributed by atoms with Gasteiger partial charge >= 0.3 is 0 Å². The maximum absolute atomic E-state index is 9.81. The number of hydrogen-bond acceptors (Lipinski definition) is 2. The predicted molar refractivity (Wildman–Crippen MR) is 53.0 cm³/mol. The first kappa shape index (κ1) is 10.1. The lowest BCUT2D eigenvalue weighted by atomic mass is 10.0. The first-order valence-corrected chi connectivity index (χ1v) is 4.84. The van der Waals surface area contributed by atoms with E-state index in [0.29, 0.717) is 11.8 Å². The zero-order valence-electron chi connectivity index (χ0n) is 8.83. The summed E-state index contributed by atoms with van der Waals surface area (Å²) in [6.07, 6.45) is 0.992. The predicted octanol–water partition coefficient (Wildman–Crippen LogP) is 2.43. The quantitative estimate of drug-likeness (QED) is 0.779. The molecule has 1 N–H and O–H groups in total. The molecule has 74 valence electrons. The van der Waals surface area contributed by atoms with Gasteiger partial charge in [-0.05, 0) is 19.3 Å². The Labute approximate surface area is 79.4 Å². The molecule has 0 atom stereocenters. The van der Waals surface area contributed by atoms with Crippen molar-refractivity contribution in [1.29, 1.82) is 0 Å². The molecular formula is C10H18N2O. The van der Waals surface area contributed by atoms with Crippen LogP contribution in [0.4, 0.5) is 0 Å². The van der Waals surface area contributed by atoms with Gasteiger partial charge in [0.25, 0.3) is 0 Å². The molecule has 3 heteroatoms. The summed E-state index contributed by atoms with van der Waals surface area (Å²) in [5.74, 6) is 0.681. The molecule has 0 aliphatic rings. The Hall–Kier alpha value is -0.990. The van der Waals surface area contributed by atoms with E-state index < -0.39 is 0 Å². The Bertz CT molecular complexity index is 289.